The number of para-hydroxylation sites is 2. The summed E-state index contributed by atoms with van der Waals surface area (Å²) in [5.41, 5.74) is 0.841. The lowest BCUT2D eigenvalue weighted by atomic mass is 10.2. The van der Waals surface area contributed by atoms with Gasteiger partial charge in [-0.3, -0.25) is 0 Å². The van der Waals surface area contributed by atoms with Crippen molar-refractivity contribution in [3.8, 4) is 0 Å². The quantitative estimate of drug-likeness (QED) is 0.654. The number of halogens is 3. The Morgan fingerprint density at radius 3 is 2.64 bits per heavy atom. The topological polar surface area (TPSA) is 69.8 Å². The van der Waals surface area contributed by atoms with Gasteiger partial charge in [-0.15, -0.1) is 0 Å². The summed E-state index contributed by atoms with van der Waals surface area (Å²) in [6.07, 6.45) is -4.46. The summed E-state index contributed by atoms with van der Waals surface area (Å²) in [6, 6.07) is 10.8. The Labute approximate surface area is 141 Å². The molecule has 1 atom stereocenters. The van der Waals surface area contributed by atoms with Gasteiger partial charge in [0.15, 0.2) is 0 Å². The van der Waals surface area contributed by atoms with Crippen LogP contribution >= 0.6 is 0 Å². The predicted molar refractivity (Wildman–Crippen MR) is 88.1 cm³/mol. The Balaban J connectivity index is 1.68. The summed E-state index contributed by atoms with van der Waals surface area (Å²) < 4.78 is 38.1. The summed E-state index contributed by atoms with van der Waals surface area (Å²) in [5, 5.41) is 5.04. The van der Waals surface area contributed by atoms with E-state index in [9.17, 15) is 18.0 Å². The lowest BCUT2D eigenvalue weighted by Crippen LogP contribution is -2.31. The van der Waals surface area contributed by atoms with Gasteiger partial charge in [-0.05, 0) is 37.3 Å². The van der Waals surface area contributed by atoms with Crippen molar-refractivity contribution >= 4 is 22.8 Å². The summed E-state index contributed by atoms with van der Waals surface area (Å²) in [5.74, 6) is 0.556. The monoisotopic (exact) mass is 348 g/mol. The molecular weight excluding hydrogens is 333 g/mol. The second-order valence-electron chi connectivity index (χ2n) is 5.54. The number of amides is 2. The molecule has 8 heteroatoms. The molecule has 0 radical (unpaired) electrons. The van der Waals surface area contributed by atoms with E-state index >= 15 is 0 Å². The van der Waals surface area contributed by atoms with Crippen LogP contribution < -0.4 is 10.6 Å². The number of fused-ring (bicyclic) bond motifs is 1. The minimum Gasteiger partial charge on any atom is -0.340 e. The lowest BCUT2D eigenvalue weighted by molar-refractivity contribution is -0.137. The first kappa shape index (κ1) is 16.8. The first-order valence-electron chi connectivity index (χ1n) is 7.52. The maximum Gasteiger partial charge on any atom is 0.416 e. The van der Waals surface area contributed by atoms with E-state index in [0.29, 0.717) is 5.82 Å². The van der Waals surface area contributed by atoms with E-state index < -0.39 is 23.8 Å². The van der Waals surface area contributed by atoms with Crippen LogP contribution in [-0.2, 0) is 6.18 Å². The summed E-state index contributed by atoms with van der Waals surface area (Å²) in [4.78, 5) is 19.5. The number of carbonyl (C=O) groups excluding carboxylic acids is 1. The zero-order valence-electron chi connectivity index (χ0n) is 13.2. The molecule has 130 valence electrons. The molecule has 0 saturated heterocycles. The number of urea groups is 1. The zero-order chi connectivity index (χ0) is 18.0. The van der Waals surface area contributed by atoms with Crippen molar-refractivity contribution < 1.29 is 18.0 Å². The number of aromatic nitrogens is 2. The average molecular weight is 348 g/mol. The molecular formula is C17H15F3N4O. The van der Waals surface area contributed by atoms with Crippen LogP contribution in [0.3, 0.4) is 0 Å². The number of nitrogens with one attached hydrogen (secondary N) is 3. The van der Waals surface area contributed by atoms with E-state index in [-0.39, 0.29) is 5.69 Å². The molecule has 2 aromatic carbocycles. The molecule has 0 aliphatic rings. The number of hydrogen-bond donors (Lipinski definition) is 3. The number of benzene rings is 2. The number of imidazole rings is 1. The first-order chi connectivity index (χ1) is 11.8. The third-order valence-electron chi connectivity index (χ3n) is 3.61. The van der Waals surface area contributed by atoms with Crippen molar-refractivity contribution in [1.29, 1.82) is 0 Å². The third-order valence-corrected chi connectivity index (χ3v) is 3.61. The number of carbonyl (C=O) groups is 1. The Morgan fingerprint density at radius 1 is 1.16 bits per heavy atom. The van der Waals surface area contributed by atoms with Crippen molar-refractivity contribution in [3.63, 3.8) is 0 Å². The Hall–Kier alpha value is -3.03. The van der Waals surface area contributed by atoms with Gasteiger partial charge in [0, 0.05) is 5.69 Å². The standard InChI is InChI=1S/C17H15F3N4O/c1-10(15-23-13-7-2-3-8-14(13)24-15)21-16(25)22-12-6-4-5-11(9-12)17(18,19)20/h2-10H,1H3,(H,23,24)(H2,21,22,25)/t10-/m1/s1. The molecule has 0 spiro atoms. The molecule has 0 bridgehead atoms. The van der Waals surface area contributed by atoms with Crippen LogP contribution in [0.4, 0.5) is 23.7 Å². The maximum atomic E-state index is 12.7. The Bertz CT molecular complexity index is 871. The fourth-order valence-corrected chi connectivity index (χ4v) is 2.38. The molecule has 1 heterocycles. The van der Waals surface area contributed by atoms with Crippen molar-refractivity contribution in [2.24, 2.45) is 0 Å². The third kappa shape index (κ3) is 3.90. The smallest absolute Gasteiger partial charge is 0.340 e. The van der Waals surface area contributed by atoms with Gasteiger partial charge < -0.3 is 15.6 Å². The Kier molecular flexibility index (Phi) is 4.35. The van der Waals surface area contributed by atoms with Crippen molar-refractivity contribution in [2.75, 3.05) is 5.32 Å². The van der Waals surface area contributed by atoms with E-state index in [1.165, 1.54) is 12.1 Å². The SMILES string of the molecule is C[C@@H](NC(=O)Nc1cccc(C(F)(F)F)c1)c1nc2ccccc2[nH]1. The van der Waals surface area contributed by atoms with E-state index in [4.69, 9.17) is 0 Å². The maximum absolute atomic E-state index is 12.7. The van der Waals surface area contributed by atoms with Crippen molar-refractivity contribution in [2.45, 2.75) is 19.1 Å². The highest BCUT2D eigenvalue weighted by Gasteiger charge is 2.30. The van der Waals surface area contributed by atoms with E-state index in [1.54, 1.807) is 6.92 Å². The molecule has 0 saturated carbocycles. The Morgan fingerprint density at radius 2 is 1.92 bits per heavy atom. The van der Waals surface area contributed by atoms with Gasteiger partial charge >= 0.3 is 12.2 Å². The molecule has 3 rings (SSSR count). The van der Waals surface area contributed by atoms with Crippen LogP contribution in [0.25, 0.3) is 11.0 Å². The predicted octanol–water partition coefficient (Wildman–Crippen LogP) is 4.46. The number of alkyl halides is 3. The van der Waals surface area contributed by atoms with Crippen LogP contribution in [0.1, 0.15) is 24.4 Å². The number of aromatic amines is 1. The second kappa shape index (κ2) is 6.46. The van der Waals surface area contributed by atoms with Gasteiger partial charge in [0.25, 0.3) is 0 Å². The van der Waals surface area contributed by atoms with Crippen molar-refractivity contribution in [1.82, 2.24) is 15.3 Å². The molecule has 25 heavy (non-hydrogen) atoms. The number of H-pyrrole nitrogens is 1. The molecule has 2 amide bonds. The normalized spacial score (nSPS) is 12.8. The fraction of sp³-hybridized carbons (Fsp3) is 0.176. The van der Waals surface area contributed by atoms with E-state index in [1.807, 2.05) is 24.3 Å². The van der Waals surface area contributed by atoms with Gasteiger partial charge in [-0.2, -0.15) is 13.2 Å². The first-order valence-corrected chi connectivity index (χ1v) is 7.52. The number of anilines is 1. The number of rotatable bonds is 3. The van der Waals surface area contributed by atoms with Gasteiger partial charge in [0.2, 0.25) is 0 Å². The molecule has 0 aliphatic heterocycles. The van der Waals surface area contributed by atoms with Gasteiger partial charge in [-0.1, -0.05) is 18.2 Å². The number of nitrogens with zero attached hydrogens (tertiary/aromatic N) is 1. The second-order valence-corrected chi connectivity index (χ2v) is 5.54. The average Bonchev–Trinajstić information content (AvgIpc) is 2.98. The molecule has 3 aromatic rings. The molecule has 3 N–H and O–H groups in total. The fourth-order valence-electron chi connectivity index (χ4n) is 2.38. The van der Waals surface area contributed by atoms with Crippen LogP contribution in [0.2, 0.25) is 0 Å². The summed E-state index contributed by atoms with van der Waals surface area (Å²) >= 11 is 0. The summed E-state index contributed by atoms with van der Waals surface area (Å²) in [6.45, 7) is 1.73. The highest BCUT2D eigenvalue weighted by molar-refractivity contribution is 5.89. The highest BCUT2D eigenvalue weighted by Crippen LogP contribution is 2.30. The van der Waals surface area contributed by atoms with Crippen LogP contribution in [0.15, 0.2) is 48.5 Å². The van der Waals surface area contributed by atoms with E-state index in [0.717, 1.165) is 23.2 Å². The molecule has 0 fully saturated rings. The minimum atomic E-state index is -4.46. The van der Waals surface area contributed by atoms with Gasteiger partial charge in [0.1, 0.15) is 5.82 Å². The lowest BCUT2D eigenvalue weighted by Gasteiger charge is -2.13. The summed E-state index contributed by atoms with van der Waals surface area (Å²) in [7, 11) is 0. The molecule has 0 aliphatic carbocycles. The van der Waals surface area contributed by atoms with Crippen LogP contribution in [0.5, 0.6) is 0 Å². The molecule has 0 unspecified atom stereocenters. The van der Waals surface area contributed by atoms with Crippen LogP contribution in [0, 0.1) is 0 Å². The largest absolute Gasteiger partial charge is 0.416 e. The van der Waals surface area contributed by atoms with Gasteiger partial charge in [-0.25, -0.2) is 9.78 Å². The molecule has 1 aromatic heterocycles. The minimum absolute atomic E-state index is 0.0594. The highest BCUT2D eigenvalue weighted by atomic mass is 19.4. The molecule has 5 nitrogen and oxygen atoms in total. The van der Waals surface area contributed by atoms with Crippen molar-refractivity contribution in [3.05, 3.63) is 59.9 Å². The van der Waals surface area contributed by atoms with Crippen LogP contribution in [-0.4, -0.2) is 16.0 Å². The zero-order valence-corrected chi connectivity index (χ0v) is 13.2. The van der Waals surface area contributed by atoms with E-state index in [2.05, 4.69) is 20.6 Å². The number of hydrogen-bond acceptors (Lipinski definition) is 2. The van der Waals surface area contributed by atoms with Gasteiger partial charge in [0.05, 0.1) is 22.6 Å².